The molecule has 0 amide bonds. The van der Waals surface area contributed by atoms with Crippen molar-refractivity contribution in [2.24, 2.45) is 0 Å². The van der Waals surface area contributed by atoms with Crippen molar-refractivity contribution < 1.29 is 14.2 Å². The van der Waals surface area contributed by atoms with Crippen LogP contribution in [-0.4, -0.2) is 34.9 Å². The Morgan fingerprint density at radius 1 is 1.06 bits per heavy atom. The molecule has 0 aliphatic rings. The minimum Gasteiger partial charge on any atom is -0.492 e. The standard InChI is InChI=1S/C12H18ClNO3/c1-14-6-5-8-7-9(13)11(16-3)12(17-4)10(8)15-2/h7,14H,5-6H2,1-4H3. The van der Waals surface area contributed by atoms with Gasteiger partial charge in [0.25, 0.3) is 0 Å². The molecule has 0 unspecified atom stereocenters. The molecule has 0 aliphatic heterocycles. The number of methoxy groups -OCH3 is 3. The molecule has 0 radical (unpaired) electrons. The van der Waals surface area contributed by atoms with Gasteiger partial charge in [-0.1, -0.05) is 11.6 Å². The molecule has 0 atom stereocenters. The number of likely N-dealkylation sites (N-methyl/N-ethyl adjacent to an activating group) is 1. The van der Waals surface area contributed by atoms with Gasteiger partial charge < -0.3 is 19.5 Å². The fraction of sp³-hybridized carbons (Fsp3) is 0.500. The van der Waals surface area contributed by atoms with Crippen molar-refractivity contribution in [3.8, 4) is 17.2 Å². The van der Waals surface area contributed by atoms with E-state index in [-0.39, 0.29) is 0 Å². The highest BCUT2D eigenvalue weighted by Crippen LogP contribution is 2.44. The van der Waals surface area contributed by atoms with E-state index in [2.05, 4.69) is 5.32 Å². The zero-order valence-corrected chi connectivity index (χ0v) is 11.4. The molecule has 0 saturated carbocycles. The first-order valence-corrected chi connectivity index (χ1v) is 5.69. The van der Waals surface area contributed by atoms with E-state index in [9.17, 15) is 0 Å². The van der Waals surface area contributed by atoms with Gasteiger partial charge in [-0.05, 0) is 26.1 Å². The van der Waals surface area contributed by atoms with Crippen LogP contribution in [0.5, 0.6) is 17.2 Å². The fourth-order valence-corrected chi connectivity index (χ4v) is 1.98. The quantitative estimate of drug-likeness (QED) is 0.850. The maximum absolute atomic E-state index is 6.14. The maximum atomic E-state index is 6.14. The molecule has 5 heteroatoms. The smallest absolute Gasteiger partial charge is 0.205 e. The molecule has 1 aromatic carbocycles. The summed E-state index contributed by atoms with van der Waals surface area (Å²) in [5.41, 5.74) is 0.990. The zero-order chi connectivity index (χ0) is 12.8. The Morgan fingerprint density at radius 2 is 1.65 bits per heavy atom. The molecule has 0 aromatic heterocycles. The normalized spacial score (nSPS) is 10.2. The summed E-state index contributed by atoms with van der Waals surface area (Å²) in [6.45, 7) is 0.835. The Bertz CT molecular complexity index is 383. The van der Waals surface area contributed by atoms with Gasteiger partial charge in [-0.3, -0.25) is 0 Å². The number of benzene rings is 1. The number of nitrogens with one attached hydrogen (secondary N) is 1. The predicted octanol–water partition coefficient (Wildman–Crippen LogP) is 2.13. The third-order valence-corrected chi connectivity index (χ3v) is 2.76. The van der Waals surface area contributed by atoms with Crippen LogP contribution in [0.4, 0.5) is 0 Å². The van der Waals surface area contributed by atoms with E-state index in [1.54, 1.807) is 21.3 Å². The minimum absolute atomic E-state index is 0.499. The van der Waals surface area contributed by atoms with Gasteiger partial charge in [-0.15, -0.1) is 0 Å². The van der Waals surface area contributed by atoms with Gasteiger partial charge in [-0.2, -0.15) is 0 Å². The van der Waals surface area contributed by atoms with Crippen molar-refractivity contribution in [1.29, 1.82) is 0 Å². The summed E-state index contributed by atoms with van der Waals surface area (Å²) in [7, 11) is 6.62. The second-order valence-corrected chi connectivity index (χ2v) is 3.88. The van der Waals surface area contributed by atoms with E-state index in [4.69, 9.17) is 25.8 Å². The highest BCUT2D eigenvalue weighted by atomic mass is 35.5. The van der Waals surface area contributed by atoms with E-state index in [0.29, 0.717) is 22.3 Å². The van der Waals surface area contributed by atoms with Gasteiger partial charge in [0, 0.05) is 5.56 Å². The van der Waals surface area contributed by atoms with Crippen LogP contribution in [0.2, 0.25) is 5.02 Å². The van der Waals surface area contributed by atoms with Crippen molar-refractivity contribution in [3.05, 3.63) is 16.7 Å². The Kier molecular flexibility index (Phi) is 5.38. The van der Waals surface area contributed by atoms with Crippen LogP contribution >= 0.6 is 11.6 Å². The second kappa shape index (κ2) is 6.57. The first-order valence-electron chi connectivity index (χ1n) is 5.31. The van der Waals surface area contributed by atoms with E-state index in [1.165, 1.54) is 0 Å². The Labute approximate surface area is 107 Å². The molecule has 1 rings (SSSR count). The van der Waals surface area contributed by atoms with Gasteiger partial charge >= 0.3 is 0 Å². The van der Waals surface area contributed by atoms with E-state index in [1.807, 2.05) is 13.1 Å². The molecule has 17 heavy (non-hydrogen) atoms. The lowest BCUT2D eigenvalue weighted by molar-refractivity contribution is 0.322. The third-order valence-electron chi connectivity index (χ3n) is 2.48. The third kappa shape index (κ3) is 2.96. The van der Waals surface area contributed by atoms with Crippen molar-refractivity contribution in [2.45, 2.75) is 6.42 Å². The largest absolute Gasteiger partial charge is 0.492 e. The summed E-state index contributed by atoms with van der Waals surface area (Å²) in [6, 6.07) is 1.85. The zero-order valence-electron chi connectivity index (χ0n) is 10.6. The highest BCUT2D eigenvalue weighted by molar-refractivity contribution is 6.32. The van der Waals surface area contributed by atoms with Crippen LogP contribution in [0.1, 0.15) is 5.56 Å². The van der Waals surface area contributed by atoms with E-state index >= 15 is 0 Å². The lowest BCUT2D eigenvalue weighted by atomic mass is 10.1. The molecule has 0 bridgehead atoms. The van der Waals surface area contributed by atoms with Crippen LogP contribution in [0, 0.1) is 0 Å². The van der Waals surface area contributed by atoms with Crippen LogP contribution in [0.25, 0.3) is 0 Å². The van der Waals surface area contributed by atoms with Crippen LogP contribution in [0.15, 0.2) is 6.07 Å². The molecule has 1 aromatic rings. The molecule has 0 fully saturated rings. The first-order chi connectivity index (χ1) is 8.19. The number of halogens is 1. The molecule has 0 heterocycles. The van der Waals surface area contributed by atoms with Crippen molar-refractivity contribution >= 4 is 11.6 Å². The summed E-state index contributed by atoms with van der Waals surface area (Å²) >= 11 is 6.14. The molecule has 1 N–H and O–H groups in total. The molecular formula is C12H18ClNO3. The highest BCUT2D eigenvalue weighted by Gasteiger charge is 2.19. The van der Waals surface area contributed by atoms with Crippen molar-refractivity contribution in [1.82, 2.24) is 5.32 Å². The molecule has 0 aliphatic carbocycles. The molecule has 0 saturated heterocycles. The molecule has 4 nitrogen and oxygen atoms in total. The average molecular weight is 260 g/mol. The number of hydrogen-bond donors (Lipinski definition) is 1. The second-order valence-electron chi connectivity index (χ2n) is 3.47. The Morgan fingerprint density at radius 3 is 2.12 bits per heavy atom. The van der Waals surface area contributed by atoms with Gasteiger partial charge in [0.05, 0.1) is 26.4 Å². The minimum atomic E-state index is 0.499. The lowest BCUT2D eigenvalue weighted by Crippen LogP contribution is -2.11. The van der Waals surface area contributed by atoms with Crippen LogP contribution < -0.4 is 19.5 Å². The maximum Gasteiger partial charge on any atom is 0.205 e. The Hall–Kier alpha value is -1.13. The summed E-state index contributed by atoms with van der Waals surface area (Å²) in [4.78, 5) is 0. The van der Waals surface area contributed by atoms with Crippen molar-refractivity contribution in [2.75, 3.05) is 34.9 Å². The Balaban J connectivity index is 3.26. The molecule has 96 valence electrons. The number of rotatable bonds is 6. The average Bonchev–Trinajstić information content (AvgIpc) is 2.35. The topological polar surface area (TPSA) is 39.7 Å². The fourth-order valence-electron chi connectivity index (χ4n) is 1.69. The first kappa shape index (κ1) is 13.9. The predicted molar refractivity (Wildman–Crippen MR) is 68.7 cm³/mol. The van der Waals surface area contributed by atoms with E-state index in [0.717, 1.165) is 18.5 Å². The SMILES string of the molecule is CNCCc1cc(Cl)c(OC)c(OC)c1OC. The summed E-state index contributed by atoms with van der Waals surface area (Å²) in [5, 5.41) is 3.61. The number of ether oxygens (including phenoxy) is 3. The van der Waals surface area contributed by atoms with Crippen LogP contribution in [0.3, 0.4) is 0 Å². The summed E-state index contributed by atoms with van der Waals surface area (Å²) < 4.78 is 15.9. The summed E-state index contributed by atoms with van der Waals surface area (Å²) in [5.74, 6) is 1.71. The molecular weight excluding hydrogens is 242 g/mol. The van der Waals surface area contributed by atoms with Gasteiger partial charge in [-0.25, -0.2) is 0 Å². The van der Waals surface area contributed by atoms with Gasteiger partial charge in [0.2, 0.25) is 5.75 Å². The van der Waals surface area contributed by atoms with Gasteiger partial charge in [0.1, 0.15) is 0 Å². The molecule has 0 spiro atoms. The summed E-state index contributed by atoms with van der Waals surface area (Å²) in [6.07, 6.45) is 0.805. The lowest BCUT2D eigenvalue weighted by Gasteiger charge is -2.17. The van der Waals surface area contributed by atoms with Gasteiger partial charge in [0.15, 0.2) is 11.5 Å². The van der Waals surface area contributed by atoms with E-state index < -0.39 is 0 Å². The monoisotopic (exact) mass is 259 g/mol. The van der Waals surface area contributed by atoms with Crippen molar-refractivity contribution in [3.63, 3.8) is 0 Å². The number of hydrogen-bond acceptors (Lipinski definition) is 4. The van der Waals surface area contributed by atoms with Crippen LogP contribution in [-0.2, 0) is 6.42 Å².